The van der Waals surface area contributed by atoms with Crippen LogP contribution in [0.5, 0.6) is 0 Å². The van der Waals surface area contributed by atoms with E-state index in [0.29, 0.717) is 19.3 Å². The van der Waals surface area contributed by atoms with Crippen molar-refractivity contribution in [3.63, 3.8) is 0 Å². The van der Waals surface area contributed by atoms with Gasteiger partial charge in [-0.15, -0.1) is 11.3 Å². The van der Waals surface area contributed by atoms with Crippen LogP contribution in [0, 0.1) is 0 Å². The van der Waals surface area contributed by atoms with Gasteiger partial charge in [-0.3, -0.25) is 9.59 Å². The van der Waals surface area contributed by atoms with Crippen LogP contribution in [0.3, 0.4) is 0 Å². The molecule has 0 amide bonds. The topological polar surface area (TPSA) is 82.6 Å². The molecule has 2 rings (SSSR count). The first-order valence-corrected chi connectivity index (χ1v) is 11.4. The normalized spacial score (nSPS) is 23.0. The van der Waals surface area contributed by atoms with E-state index in [1.54, 1.807) is 19.1 Å². The van der Waals surface area contributed by atoms with Gasteiger partial charge in [0.1, 0.15) is 24.4 Å². The predicted octanol–water partition coefficient (Wildman–Crippen LogP) is 4.63. The minimum atomic E-state index is -0.518. The summed E-state index contributed by atoms with van der Waals surface area (Å²) in [5.74, 6) is -1.13. The van der Waals surface area contributed by atoms with Crippen molar-refractivity contribution in [2.75, 3.05) is 0 Å². The highest BCUT2D eigenvalue weighted by molar-refractivity contribution is 9.11. The first-order chi connectivity index (χ1) is 14.2. The highest BCUT2D eigenvalue weighted by atomic mass is 79.9. The highest BCUT2D eigenvalue weighted by Crippen LogP contribution is 2.18. The number of esters is 2. The molecule has 6 nitrogen and oxygen atoms in total. The molecule has 1 aliphatic rings. The maximum absolute atomic E-state index is 12.2. The molecule has 2 atom stereocenters. The number of cyclic esters (lactones) is 2. The second-order valence-electron chi connectivity index (χ2n) is 7.26. The summed E-state index contributed by atoms with van der Waals surface area (Å²) in [5.41, 5.74) is 1.72. The van der Waals surface area contributed by atoms with Crippen LogP contribution in [0.4, 0.5) is 0 Å². The lowest BCUT2D eigenvalue weighted by Crippen LogP contribution is -2.18. The second kappa shape index (κ2) is 12.0. The summed E-state index contributed by atoms with van der Waals surface area (Å²) in [7, 11) is 0. The molecule has 1 aliphatic heterocycles. The van der Waals surface area contributed by atoms with Crippen molar-refractivity contribution in [3.05, 3.63) is 50.4 Å². The zero-order valence-corrected chi connectivity index (χ0v) is 19.8. The quantitative estimate of drug-likeness (QED) is 0.417. The van der Waals surface area contributed by atoms with E-state index >= 15 is 0 Å². The fourth-order valence-electron chi connectivity index (χ4n) is 2.95. The smallest absolute Gasteiger partial charge is 0.331 e. The van der Waals surface area contributed by atoms with Gasteiger partial charge in [0.15, 0.2) is 0 Å². The van der Waals surface area contributed by atoms with Crippen LogP contribution in [-0.4, -0.2) is 34.9 Å². The van der Waals surface area contributed by atoms with Crippen LogP contribution in [0.15, 0.2) is 39.7 Å². The molecule has 1 unspecified atom stereocenters. The number of hydrogen-bond acceptors (Lipinski definition) is 7. The van der Waals surface area contributed by atoms with E-state index in [1.165, 1.54) is 17.4 Å². The molecule has 0 aliphatic carbocycles. The first kappa shape index (κ1) is 24.2. The molecule has 162 valence electrons. The molecule has 0 spiro atoms. The minimum Gasteiger partial charge on any atom is -0.462 e. The Morgan fingerprint density at radius 3 is 2.73 bits per heavy atom. The molecule has 8 heteroatoms. The fraction of sp³-hybridized carbons (Fsp3) is 0.455. The Kier molecular flexibility index (Phi) is 9.65. The van der Waals surface area contributed by atoms with Crippen molar-refractivity contribution < 1.29 is 23.9 Å². The maximum Gasteiger partial charge on any atom is 0.331 e. The number of thiazole rings is 1. The minimum absolute atomic E-state index is 0.167. The molecule has 0 saturated heterocycles. The Labute approximate surface area is 189 Å². The van der Waals surface area contributed by atoms with E-state index in [9.17, 15) is 14.4 Å². The lowest BCUT2D eigenvalue weighted by molar-refractivity contribution is -0.150. The standard InChI is InChI=1S/C22H26BrNO5S/c1-14-5-4-6-21(26)29-19(10-15(2)23)12-20-24-17(13-30-20)7-8-18(25)11-22(27)28-16(3)9-14/h4-6,10,13,16,19H,7-9,11-12H2,1-3H3/t16-,19?/m0/s1. The third-order valence-electron chi connectivity index (χ3n) is 4.21. The number of Topliss-reactive ketones (excluding diaryl/α,β-unsaturated/α-hetero) is 1. The SMILES string of the molecule is CC(Br)=CC1Cc2nc(cs2)CCC(=O)CC(=O)O[C@@H](C)CC(C)=CC=CC(=O)O1. The lowest BCUT2D eigenvalue weighted by atomic mass is 10.1. The van der Waals surface area contributed by atoms with Gasteiger partial charge in [-0.2, -0.15) is 0 Å². The number of aromatic nitrogens is 1. The number of allylic oxidation sites excluding steroid dienone is 3. The van der Waals surface area contributed by atoms with Gasteiger partial charge in [0.25, 0.3) is 0 Å². The third kappa shape index (κ3) is 9.17. The van der Waals surface area contributed by atoms with Crippen molar-refractivity contribution in [1.29, 1.82) is 0 Å². The number of nitrogens with zero attached hydrogens (tertiary/aromatic N) is 1. The van der Waals surface area contributed by atoms with E-state index < -0.39 is 18.0 Å². The summed E-state index contributed by atoms with van der Waals surface area (Å²) >= 11 is 4.84. The fourth-order valence-corrected chi connectivity index (χ4v) is 4.11. The molecule has 0 N–H and O–H groups in total. The van der Waals surface area contributed by atoms with Crippen LogP contribution in [0.25, 0.3) is 0 Å². The van der Waals surface area contributed by atoms with Crippen LogP contribution >= 0.6 is 27.3 Å². The Bertz CT molecular complexity index is 867. The Hall–Kier alpha value is -2.06. The van der Waals surface area contributed by atoms with Crippen LogP contribution in [0.2, 0.25) is 0 Å². The second-order valence-corrected chi connectivity index (χ2v) is 9.45. The van der Waals surface area contributed by atoms with Crippen LogP contribution in [0.1, 0.15) is 50.7 Å². The van der Waals surface area contributed by atoms with E-state index in [-0.39, 0.29) is 24.7 Å². The summed E-state index contributed by atoms with van der Waals surface area (Å²) in [6, 6.07) is 0. The average Bonchev–Trinajstić information content (AvgIpc) is 3.05. The number of carbonyl (C=O) groups is 3. The lowest BCUT2D eigenvalue weighted by Gasteiger charge is -2.13. The summed E-state index contributed by atoms with van der Waals surface area (Å²) in [5, 5.41) is 2.70. The first-order valence-electron chi connectivity index (χ1n) is 9.74. The van der Waals surface area contributed by atoms with Gasteiger partial charge in [-0.05, 0) is 37.8 Å². The number of halogens is 1. The maximum atomic E-state index is 12.2. The van der Waals surface area contributed by atoms with E-state index in [1.807, 2.05) is 25.3 Å². The van der Waals surface area contributed by atoms with Crippen LogP contribution < -0.4 is 0 Å². The van der Waals surface area contributed by atoms with Crippen molar-refractivity contribution in [3.8, 4) is 0 Å². The van der Waals surface area contributed by atoms with Gasteiger partial charge in [0.05, 0.1) is 10.7 Å². The number of carbonyl (C=O) groups excluding carboxylic acids is 3. The van der Waals surface area contributed by atoms with Gasteiger partial charge in [-0.1, -0.05) is 33.7 Å². The summed E-state index contributed by atoms with van der Waals surface area (Å²) in [4.78, 5) is 40.8. The molecule has 1 aromatic rings. The Morgan fingerprint density at radius 2 is 2.00 bits per heavy atom. The Balaban J connectivity index is 2.21. The van der Waals surface area contributed by atoms with Gasteiger partial charge in [0.2, 0.25) is 0 Å². The molecule has 2 bridgehead atoms. The van der Waals surface area contributed by atoms with E-state index in [2.05, 4.69) is 20.9 Å². The number of ketones is 1. The molecule has 0 aromatic carbocycles. The van der Waals surface area contributed by atoms with E-state index in [0.717, 1.165) is 20.8 Å². The van der Waals surface area contributed by atoms with Crippen molar-refractivity contribution in [2.45, 2.75) is 65.1 Å². The van der Waals surface area contributed by atoms with Gasteiger partial charge in [-0.25, -0.2) is 9.78 Å². The number of fused-ring (bicyclic) bond motifs is 2. The molecule has 1 aromatic heterocycles. The van der Waals surface area contributed by atoms with Crippen molar-refractivity contribution >= 4 is 45.0 Å². The molecule has 0 saturated carbocycles. The number of rotatable bonds is 1. The predicted molar refractivity (Wildman–Crippen MR) is 119 cm³/mol. The van der Waals surface area contributed by atoms with Gasteiger partial charge in [0, 0.05) is 30.7 Å². The zero-order valence-electron chi connectivity index (χ0n) is 17.4. The third-order valence-corrected chi connectivity index (χ3v) is 5.40. The molecule has 0 fully saturated rings. The largest absolute Gasteiger partial charge is 0.462 e. The monoisotopic (exact) mass is 495 g/mol. The zero-order chi connectivity index (χ0) is 22.1. The van der Waals surface area contributed by atoms with Crippen LogP contribution in [-0.2, 0) is 36.7 Å². The van der Waals surface area contributed by atoms with Crippen molar-refractivity contribution in [2.24, 2.45) is 0 Å². The summed E-state index contributed by atoms with van der Waals surface area (Å²) in [6.07, 6.45) is 7.18. The molecular formula is C22H26BrNO5S. The number of hydrogen-bond donors (Lipinski definition) is 0. The van der Waals surface area contributed by atoms with Gasteiger partial charge >= 0.3 is 11.9 Å². The summed E-state index contributed by atoms with van der Waals surface area (Å²) < 4.78 is 11.7. The molecule has 30 heavy (non-hydrogen) atoms. The summed E-state index contributed by atoms with van der Waals surface area (Å²) in [6.45, 7) is 5.53. The Morgan fingerprint density at radius 1 is 1.23 bits per heavy atom. The number of aryl methyl sites for hydroxylation is 1. The molecule has 2 heterocycles. The van der Waals surface area contributed by atoms with Gasteiger partial charge < -0.3 is 9.47 Å². The molecule has 0 radical (unpaired) electrons. The average molecular weight is 496 g/mol. The highest BCUT2D eigenvalue weighted by Gasteiger charge is 2.17. The number of ether oxygens (including phenoxy) is 2. The molecular weight excluding hydrogens is 470 g/mol. The van der Waals surface area contributed by atoms with Crippen molar-refractivity contribution in [1.82, 2.24) is 4.98 Å². The van der Waals surface area contributed by atoms with E-state index in [4.69, 9.17) is 9.47 Å².